The highest BCUT2D eigenvalue weighted by molar-refractivity contribution is 7.92. The lowest BCUT2D eigenvalue weighted by atomic mass is 9.76. The number of benzene rings is 2. The maximum Gasteiger partial charge on any atom is 0.435 e. The molecule has 1 aliphatic carbocycles. The zero-order chi connectivity index (χ0) is 33.4. The number of hydrogen-bond acceptors (Lipinski definition) is 5. The predicted molar refractivity (Wildman–Crippen MR) is 141 cm³/mol. The summed E-state index contributed by atoms with van der Waals surface area (Å²) in [6, 6.07) is 3.72. The number of fused-ring (bicyclic) bond motifs is 3. The molecule has 3 aliphatic rings. The number of likely N-dealkylation sites (tertiary alicyclic amines) is 2. The molecule has 2 fully saturated rings. The Morgan fingerprint density at radius 1 is 0.889 bits per heavy atom. The molecule has 7 nitrogen and oxygen atoms in total. The number of carbonyl (C=O) groups excluding carboxylic acids is 2. The first-order chi connectivity index (χ1) is 20.7. The van der Waals surface area contributed by atoms with Crippen molar-refractivity contribution < 1.29 is 58.2 Å². The number of aliphatic hydroxyl groups is 1. The first kappa shape index (κ1) is 33.1. The van der Waals surface area contributed by atoms with Crippen LogP contribution in [0.2, 0.25) is 0 Å². The zero-order valence-electron chi connectivity index (χ0n) is 23.7. The van der Waals surface area contributed by atoms with Crippen LogP contribution in [0.1, 0.15) is 49.3 Å². The third kappa shape index (κ3) is 4.89. The lowest BCUT2D eigenvalue weighted by Crippen LogP contribution is -2.59. The number of rotatable bonds is 4. The van der Waals surface area contributed by atoms with Crippen LogP contribution in [0.15, 0.2) is 47.4 Å². The van der Waals surface area contributed by atoms with E-state index in [2.05, 4.69) is 0 Å². The van der Waals surface area contributed by atoms with E-state index in [0.717, 1.165) is 35.2 Å². The second-order valence-electron chi connectivity index (χ2n) is 11.7. The Kier molecular flexibility index (Phi) is 7.83. The number of alkyl halides is 7. The first-order valence-electron chi connectivity index (χ1n) is 14.0. The van der Waals surface area contributed by atoms with Gasteiger partial charge in [0.25, 0.3) is 5.91 Å². The molecule has 2 atom stereocenters. The number of halogens is 8. The standard InChI is InChI=1S/C29H28F8N2O5S/c1-17(40)38-13-10-25(42,11-14-38)24(41)39-15-12-26(45(43,44)21-6-4-20(30)5-7-21)22-8-3-19(16-18(22)2-9-23(26)39)27(31,28(32,33)34)29(35,36)37/h3-8,16,23,42H,2,9-15H2,1H3/t23-,26-/m0/s1. The van der Waals surface area contributed by atoms with E-state index >= 15 is 0 Å². The Morgan fingerprint density at radius 2 is 1.47 bits per heavy atom. The Morgan fingerprint density at radius 3 is 2.00 bits per heavy atom. The van der Waals surface area contributed by atoms with Crippen LogP contribution in [0.5, 0.6) is 0 Å². The number of carbonyl (C=O) groups is 2. The fourth-order valence-electron chi connectivity index (χ4n) is 6.97. The van der Waals surface area contributed by atoms with Gasteiger partial charge in [0.15, 0.2) is 9.84 Å². The second-order valence-corrected chi connectivity index (χ2v) is 13.9. The molecule has 1 N–H and O–H groups in total. The maximum absolute atomic E-state index is 15.0. The van der Waals surface area contributed by atoms with Gasteiger partial charge in [0.2, 0.25) is 5.91 Å². The summed E-state index contributed by atoms with van der Waals surface area (Å²) in [6.45, 7) is 1.15. The van der Waals surface area contributed by atoms with Crippen LogP contribution in [0.25, 0.3) is 0 Å². The molecular formula is C29H28F8N2O5S. The molecule has 0 unspecified atom stereocenters. The zero-order valence-corrected chi connectivity index (χ0v) is 24.5. The van der Waals surface area contributed by atoms with Crippen molar-refractivity contribution in [3.05, 3.63) is 65.0 Å². The summed E-state index contributed by atoms with van der Waals surface area (Å²) in [5, 5.41) is 11.3. The third-order valence-electron chi connectivity index (χ3n) is 9.36. The molecule has 0 radical (unpaired) electrons. The minimum atomic E-state index is -6.39. The number of aryl methyl sites for hydroxylation is 1. The minimum Gasteiger partial charge on any atom is -0.380 e. The number of sulfone groups is 1. The van der Waals surface area contributed by atoms with Crippen molar-refractivity contribution in [2.75, 3.05) is 19.6 Å². The van der Waals surface area contributed by atoms with E-state index in [4.69, 9.17) is 0 Å². The Hall–Kier alpha value is -3.27. The molecule has 2 heterocycles. The molecule has 16 heteroatoms. The van der Waals surface area contributed by atoms with Gasteiger partial charge in [0.1, 0.15) is 16.2 Å². The molecular weight excluding hydrogens is 640 g/mol. The maximum atomic E-state index is 15.0. The summed E-state index contributed by atoms with van der Waals surface area (Å²) in [5.41, 5.74) is -9.99. The minimum absolute atomic E-state index is 0.0457. The summed E-state index contributed by atoms with van der Waals surface area (Å²) in [6.07, 6.45) is -14.0. The van der Waals surface area contributed by atoms with E-state index in [1.807, 2.05) is 0 Å². The lowest BCUT2D eigenvalue weighted by molar-refractivity contribution is -0.348. The van der Waals surface area contributed by atoms with Gasteiger partial charge in [-0.2, -0.15) is 26.3 Å². The number of nitrogens with zero attached hydrogens (tertiary/aromatic N) is 2. The van der Waals surface area contributed by atoms with Crippen LogP contribution in [0.4, 0.5) is 35.1 Å². The fourth-order valence-corrected chi connectivity index (χ4v) is 9.34. The highest BCUT2D eigenvalue weighted by Gasteiger charge is 2.74. The van der Waals surface area contributed by atoms with Gasteiger partial charge >= 0.3 is 18.0 Å². The Balaban J connectivity index is 1.64. The van der Waals surface area contributed by atoms with Gasteiger partial charge in [0, 0.05) is 45.0 Å². The van der Waals surface area contributed by atoms with E-state index in [0.29, 0.717) is 6.07 Å². The van der Waals surface area contributed by atoms with E-state index in [9.17, 15) is 58.2 Å². The van der Waals surface area contributed by atoms with Crippen molar-refractivity contribution in [1.82, 2.24) is 9.80 Å². The number of piperidine rings is 1. The van der Waals surface area contributed by atoms with Gasteiger partial charge in [-0.05, 0) is 54.7 Å². The lowest BCUT2D eigenvalue weighted by Gasteiger charge is -2.45. The van der Waals surface area contributed by atoms with E-state index in [1.165, 1.54) is 11.8 Å². The molecule has 45 heavy (non-hydrogen) atoms. The van der Waals surface area contributed by atoms with Crippen molar-refractivity contribution in [2.45, 2.75) is 78.3 Å². The largest absolute Gasteiger partial charge is 0.435 e. The Labute approximate surface area is 252 Å². The molecule has 5 rings (SSSR count). The van der Waals surface area contributed by atoms with Crippen molar-refractivity contribution in [3.63, 3.8) is 0 Å². The summed E-state index contributed by atoms with van der Waals surface area (Å²) < 4.78 is 137. The Bertz CT molecular complexity index is 1600. The summed E-state index contributed by atoms with van der Waals surface area (Å²) in [5.74, 6) is -1.88. The average Bonchev–Trinajstić information content (AvgIpc) is 3.37. The smallest absolute Gasteiger partial charge is 0.380 e. The van der Waals surface area contributed by atoms with Gasteiger partial charge in [0.05, 0.1) is 10.9 Å². The van der Waals surface area contributed by atoms with Crippen LogP contribution in [0.3, 0.4) is 0 Å². The molecule has 2 saturated heterocycles. The first-order valence-corrected chi connectivity index (χ1v) is 15.4. The molecule has 2 aromatic rings. The third-order valence-corrected chi connectivity index (χ3v) is 11.9. The summed E-state index contributed by atoms with van der Waals surface area (Å²) in [4.78, 5) is 27.8. The van der Waals surface area contributed by atoms with Crippen molar-refractivity contribution in [1.29, 1.82) is 0 Å². The van der Waals surface area contributed by atoms with Crippen LogP contribution < -0.4 is 0 Å². The summed E-state index contributed by atoms with van der Waals surface area (Å²) >= 11 is 0. The molecule has 0 bridgehead atoms. The summed E-state index contributed by atoms with van der Waals surface area (Å²) in [7, 11) is -4.67. The van der Waals surface area contributed by atoms with Gasteiger partial charge in [-0.25, -0.2) is 17.2 Å². The van der Waals surface area contributed by atoms with Gasteiger partial charge < -0.3 is 14.9 Å². The quantitative estimate of drug-likeness (QED) is 0.377. The molecule has 0 saturated carbocycles. The van der Waals surface area contributed by atoms with Crippen LogP contribution in [-0.2, 0) is 36.3 Å². The number of hydrogen-bond donors (Lipinski definition) is 1. The highest BCUT2D eigenvalue weighted by atomic mass is 32.2. The van der Waals surface area contributed by atoms with E-state index < -0.39 is 66.4 Å². The molecule has 2 amide bonds. The molecule has 0 aromatic heterocycles. The molecule has 2 aliphatic heterocycles. The highest BCUT2D eigenvalue weighted by Crippen LogP contribution is 2.57. The molecule has 0 spiro atoms. The predicted octanol–water partition coefficient (Wildman–Crippen LogP) is 4.70. The normalized spacial score (nSPS) is 23.8. The van der Waals surface area contributed by atoms with Crippen LogP contribution in [-0.4, -0.2) is 78.8 Å². The fraction of sp³-hybridized carbons (Fsp3) is 0.517. The van der Waals surface area contributed by atoms with Gasteiger partial charge in [-0.3, -0.25) is 9.59 Å². The van der Waals surface area contributed by atoms with Crippen molar-refractivity contribution >= 4 is 21.7 Å². The average molecular weight is 669 g/mol. The second kappa shape index (κ2) is 10.6. The molecule has 2 aromatic carbocycles. The van der Waals surface area contributed by atoms with Crippen molar-refractivity contribution in [3.8, 4) is 0 Å². The SMILES string of the molecule is CC(=O)N1CCC(O)(C(=O)N2CC[C@]3(S(=O)(=O)c4ccc(F)cc4)c4ccc(C(F)(C(F)(F)F)C(F)(F)F)cc4CC[C@H]23)CC1. The van der Waals surface area contributed by atoms with Crippen LogP contribution >= 0.6 is 0 Å². The van der Waals surface area contributed by atoms with Crippen molar-refractivity contribution in [2.24, 2.45) is 0 Å². The monoisotopic (exact) mass is 668 g/mol. The van der Waals surface area contributed by atoms with E-state index in [-0.39, 0.29) is 74.8 Å². The van der Waals surface area contributed by atoms with Crippen LogP contribution in [0, 0.1) is 5.82 Å². The number of amides is 2. The van der Waals surface area contributed by atoms with Gasteiger partial charge in [-0.1, -0.05) is 18.2 Å². The topological polar surface area (TPSA) is 95.0 Å². The molecule has 246 valence electrons. The van der Waals surface area contributed by atoms with E-state index in [1.54, 1.807) is 0 Å². The van der Waals surface area contributed by atoms with Gasteiger partial charge in [-0.15, -0.1) is 0 Å².